The van der Waals surface area contributed by atoms with Crippen LogP contribution in [0.15, 0.2) is 18.2 Å². The highest BCUT2D eigenvalue weighted by Crippen LogP contribution is 2.22. The molecule has 0 radical (unpaired) electrons. The van der Waals surface area contributed by atoms with Gasteiger partial charge in [-0.1, -0.05) is 18.2 Å². The van der Waals surface area contributed by atoms with Crippen LogP contribution < -0.4 is 11.1 Å². The van der Waals surface area contributed by atoms with Gasteiger partial charge in [0, 0.05) is 6.54 Å². The van der Waals surface area contributed by atoms with Crippen molar-refractivity contribution in [1.82, 2.24) is 5.32 Å². The van der Waals surface area contributed by atoms with Crippen molar-refractivity contribution in [2.75, 3.05) is 6.54 Å². The highest BCUT2D eigenvalue weighted by Gasteiger charge is 2.09. The van der Waals surface area contributed by atoms with Gasteiger partial charge in [0.25, 0.3) is 0 Å². The van der Waals surface area contributed by atoms with Gasteiger partial charge in [0.05, 0.1) is 6.54 Å². The van der Waals surface area contributed by atoms with Crippen LogP contribution in [0.5, 0.6) is 0 Å². The number of benzene rings is 1. The maximum atomic E-state index is 11.0. The summed E-state index contributed by atoms with van der Waals surface area (Å²) in [4.78, 5) is 11.0. The fourth-order valence-corrected chi connectivity index (χ4v) is 2.17. The van der Waals surface area contributed by atoms with Crippen LogP contribution in [0.3, 0.4) is 0 Å². The monoisotopic (exact) mass is 218 g/mol. The van der Waals surface area contributed by atoms with Crippen LogP contribution in [-0.4, -0.2) is 12.5 Å². The fourth-order valence-electron chi connectivity index (χ4n) is 2.17. The zero-order chi connectivity index (χ0) is 11.4. The Bertz CT molecular complexity index is 388. The van der Waals surface area contributed by atoms with E-state index < -0.39 is 0 Å². The Morgan fingerprint density at radius 2 is 2.00 bits per heavy atom. The molecule has 0 heterocycles. The number of nitrogens with two attached hydrogens (primary N) is 1. The highest BCUT2D eigenvalue weighted by atomic mass is 16.1. The van der Waals surface area contributed by atoms with Gasteiger partial charge in [-0.15, -0.1) is 0 Å². The normalized spacial score (nSPS) is 14.3. The van der Waals surface area contributed by atoms with Crippen LogP contribution in [0.2, 0.25) is 0 Å². The first kappa shape index (κ1) is 11.1. The molecule has 0 aliphatic heterocycles. The van der Waals surface area contributed by atoms with Crippen LogP contribution in [0.1, 0.15) is 29.5 Å². The lowest BCUT2D eigenvalue weighted by molar-refractivity contribution is -0.119. The molecule has 1 aromatic carbocycles. The smallest absolute Gasteiger partial charge is 0.234 e. The minimum atomic E-state index is -0.0993. The van der Waals surface area contributed by atoms with Gasteiger partial charge in [0.15, 0.2) is 0 Å². The maximum absolute atomic E-state index is 11.0. The van der Waals surface area contributed by atoms with Crippen molar-refractivity contribution in [3.63, 3.8) is 0 Å². The zero-order valence-corrected chi connectivity index (χ0v) is 9.46. The topological polar surface area (TPSA) is 55.1 Å². The quantitative estimate of drug-likeness (QED) is 0.799. The summed E-state index contributed by atoms with van der Waals surface area (Å²) < 4.78 is 0. The molecule has 0 spiro atoms. The number of rotatable bonds is 3. The third kappa shape index (κ3) is 2.61. The Morgan fingerprint density at radius 1 is 1.25 bits per heavy atom. The first-order valence-electron chi connectivity index (χ1n) is 5.87. The first-order chi connectivity index (χ1) is 7.79. The number of fused-ring (bicyclic) bond motifs is 1. The summed E-state index contributed by atoms with van der Waals surface area (Å²) in [7, 11) is 0. The number of carbonyl (C=O) groups excluding carboxylic acids is 1. The molecule has 1 aliphatic rings. The minimum Gasteiger partial charge on any atom is -0.351 e. The number of nitrogens with one attached hydrogen (secondary N) is 1. The Hall–Kier alpha value is -1.35. The molecular formula is C13H18N2O. The molecule has 0 bridgehead atoms. The largest absolute Gasteiger partial charge is 0.351 e. The van der Waals surface area contributed by atoms with E-state index in [0.717, 1.165) is 0 Å². The van der Waals surface area contributed by atoms with Crippen molar-refractivity contribution in [3.8, 4) is 0 Å². The third-order valence-electron chi connectivity index (χ3n) is 3.09. The van der Waals surface area contributed by atoms with E-state index in [0.29, 0.717) is 6.54 Å². The number of hydrogen-bond donors (Lipinski definition) is 2. The SMILES string of the molecule is NCC(=O)NCc1ccc2c(c1)CCCC2. The summed E-state index contributed by atoms with van der Waals surface area (Å²) in [6.07, 6.45) is 4.96. The van der Waals surface area contributed by atoms with E-state index in [-0.39, 0.29) is 12.5 Å². The van der Waals surface area contributed by atoms with Crippen molar-refractivity contribution < 1.29 is 4.79 Å². The maximum Gasteiger partial charge on any atom is 0.234 e. The van der Waals surface area contributed by atoms with E-state index in [1.807, 2.05) is 0 Å². The lowest BCUT2D eigenvalue weighted by atomic mass is 9.90. The van der Waals surface area contributed by atoms with Gasteiger partial charge >= 0.3 is 0 Å². The van der Waals surface area contributed by atoms with Crippen LogP contribution >= 0.6 is 0 Å². The van der Waals surface area contributed by atoms with Crippen molar-refractivity contribution >= 4 is 5.91 Å². The Kier molecular flexibility index (Phi) is 3.57. The summed E-state index contributed by atoms with van der Waals surface area (Å²) in [6, 6.07) is 6.50. The summed E-state index contributed by atoms with van der Waals surface area (Å²) in [6.45, 7) is 0.647. The van der Waals surface area contributed by atoms with E-state index in [1.54, 1.807) is 0 Å². The predicted octanol–water partition coefficient (Wildman–Crippen LogP) is 1.14. The van der Waals surface area contributed by atoms with Crippen molar-refractivity contribution in [1.29, 1.82) is 0 Å². The molecule has 0 saturated heterocycles. The first-order valence-corrected chi connectivity index (χ1v) is 5.87. The van der Waals surface area contributed by atoms with Crippen molar-refractivity contribution in [2.24, 2.45) is 5.73 Å². The summed E-state index contributed by atoms with van der Waals surface area (Å²) in [5.41, 5.74) is 9.33. The van der Waals surface area contributed by atoms with Gasteiger partial charge in [0.2, 0.25) is 5.91 Å². The number of amides is 1. The van der Waals surface area contributed by atoms with Gasteiger partial charge < -0.3 is 11.1 Å². The molecule has 3 heteroatoms. The Morgan fingerprint density at radius 3 is 2.75 bits per heavy atom. The van der Waals surface area contributed by atoms with E-state index >= 15 is 0 Å². The molecule has 3 N–H and O–H groups in total. The molecule has 1 amide bonds. The van der Waals surface area contributed by atoms with Crippen LogP contribution in [0.25, 0.3) is 0 Å². The molecule has 0 aromatic heterocycles. The molecule has 0 saturated carbocycles. The van der Waals surface area contributed by atoms with Crippen molar-refractivity contribution in [3.05, 3.63) is 34.9 Å². The number of carbonyl (C=O) groups is 1. The molecular weight excluding hydrogens is 200 g/mol. The molecule has 3 nitrogen and oxygen atoms in total. The van der Waals surface area contributed by atoms with Crippen LogP contribution in [0, 0.1) is 0 Å². The summed E-state index contributed by atoms with van der Waals surface area (Å²) >= 11 is 0. The molecule has 2 rings (SSSR count). The van der Waals surface area contributed by atoms with E-state index in [2.05, 4.69) is 23.5 Å². The molecule has 0 fully saturated rings. The third-order valence-corrected chi connectivity index (χ3v) is 3.09. The fraction of sp³-hybridized carbons (Fsp3) is 0.462. The molecule has 16 heavy (non-hydrogen) atoms. The van der Waals surface area contributed by atoms with Crippen LogP contribution in [0.4, 0.5) is 0 Å². The second kappa shape index (κ2) is 5.12. The number of aryl methyl sites for hydroxylation is 2. The molecule has 1 aromatic rings. The number of hydrogen-bond acceptors (Lipinski definition) is 2. The standard InChI is InChI=1S/C13H18N2O/c14-8-13(16)15-9-10-5-6-11-3-1-2-4-12(11)7-10/h5-7H,1-4,8-9,14H2,(H,15,16). The molecule has 1 aliphatic carbocycles. The highest BCUT2D eigenvalue weighted by molar-refractivity contribution is 5.77. The van der Waals surface area contributed by atoms with E-state index in [9.17, 15) is 4.79 Å². The van der Waals surface area contributed by atoms with Gasteiger partial charge in [-0.3, -0.25) is 4.79 Å². The van der Waals surface area contributed by atoms with Gasteiger partial charge in [-0.2, -0.15) is 0 Å². The molecule has 0 unspecified atom stereocenters. The molecule has 86 valence electrons. The second-order valence-electron chi connectivity index (χ2n) is 4.29. The lowest BCUT2D eigenvalue weighted by Crippen LogP contribution is -2.29. The average Bonchev–Trinajstić information content (AvgIpc) is 2.35. The summed E-state index contributed by atoms with van der Waals surface area (Å²) in [5.74, 6) is -0.0993. The van der Waals surface area contributed by atoms with E-state index in [4.69, 9.17) is 5.73 Å². The van der Waals surface area contributed by atoms with Gasteiger partial charge in [-0.25, -0.2) is 0 Å². The second-order valence-corrected chi connectivity index (χ2v) is 4.29. The lowest BCUT2D eigenvalue weighted by Gasteiger charge is -2.16. The Balaban J connectivity index is 2.03. The zero-order valence-electron chi connectivity index (χ0n) is 9.46. The van der Waals surface area contributed by atoms with Gasteiger partial charge in [-0.05, 0) is 42.4 Å². The Labute approximate surface area is 96.0 Å². The van der Waals surface area contributed by atoms with Crippen LogP contribution in [-0.2, 0) is 24.2 Å². The van der Waals surface area contributed by atoms with Crippen molar-refractivity contribution in [2.45, 2.75) is 32.2 Å². The van der Waals surface area contributed by atoms with E-state index in [1.165, 1.54) is 42.4 Å². The predicted molar refractivity (Wildman–Crippen MR) is 64.0 cm³/mol. The minimum absolute atomic E-state index is 0.0605. The van der Waals surface area contributed by atoms with Gasteiger partial charge in [0.1, 0.15) is 0 Å². The summed E-state index contributed by atoms with van der Waals surface area (Å²) in [5, 5.41) is 2.79. The molecule has 0 atom stereocenters. The average molecular weight is 218 g/mol.